The second-order valence-electron chi connectivity index (χ2n) is 3.43. The molecule has 0 rings (SSSR count). The lowest BCUT2D eigenvalue weighted by Crippen LogP contribution is -2.20. The predicted octanol–water partition coefficient (Wildman–Crippen LogP) is 2.59. The van der Waals surface area contributed by atoms with E-state index in [0.717, 1.165) is 18.1 Å². The van der Waals surface area contributed by atoms with E-state index < -0.39 is 5.97 Å². The van der Waals surface area contributed by atoms with Gasteiger partial charge < -0.3 is 9.84 Å². The fourth-order valence-corrected chi connectivity index (χ4v) is 1.13. The summed E-state index contributed by atoms with van der Waals surface area (Å²) in [5.41, 5.74) is 0.911. The van der Waals surface area contributed by atoms with Crippen LogP contribution in [-0.4, -0.2) is 17.2 Å². The Morgan fingerprint density at radius 1 is 1.64 bits per heavy atom. The predicted molar refractivity (Wildman–Crippen MR) is 55.9 cm³/mol. The average Bonchev–Trinajstić information content (AvgIpc) is 2.10. The summed E-state index contributed by atoms with van der Waals surface area (Å²) < 4.78 is 5.31. The van der Waals surface area contributed by atoms with Gasteiger partial charge in [-0.05, 0) is 24.8 Å². The third-order valence-corrected chi connectivity index (χ3v) is 2.08. The highest BCUT2D eigenvalue weighted by Gasteiger charge is 2.16. The molecule has 0 aliphatic carbocycles. The van der Waals surface area contributed by atoms with Crippen molar-refractivity contribution in [3.05, 3.63) is 24.5 Å². The second kappa shape index (κ2) is 6.24. The third-order valence-electron chi connectivity index (χ3n) is 2.08. The molecule has 2 unspecified atom stereocenters. The molecule has 0 aromatic carbocycles. The number of aliphatic carboxylic acids is 1. The first-order valence-electron chi connectivity index (χ1n) is 4.69. The first-order chi connectivity index (χ1) is 6.49. The van der Waals surface area contributed by atoms with E-state index in [0.29, 0.717) is 5.92 Å². The van der Waals surface area contributed by atoms with Crippen LogP contribution in [0.15, 0.2) is 24.5 Å². The molecule has 0 aromatic rings. The molecule has 0 heterocycles. The highest BCUT2D eigenvalue weighted by molar-refractivity contribution is 5.79. The molecule has 14 heavy (non-hydrogen) atoms. The normalized spacial score (nSPS) is 15.1. The van der Waals surface area contributed by atoms with E-state index in [1.807, 2.05) is 13.8 Å². The molecular weight excluding hydrogens is 180 g/mol. The van der Waals surface area contributed by atoms with E-state index >= 15 is 0 Å². The number of hydrogen-bond donors (Lipinski definition) is 1. The standard InChI is InChI=1S/C11H18O3/c1-5-9(4)11(8(2)3)14-7-6-10(12)13/h6-7,9,11H,2,5H2,1,3-4H3,(H,12,13)/b7-6+. The molecule has 80 valence electrons. The van der Waals surface area contributed by atoms with Crippen LogP contribution in [0, 0.1) is 5.92 Å². The van der Waals surface area contributed by atoms with Gasteiger partial charge in [-0.25, -0.2) is 4.79 Å². The number of carbonyl (C=O) groups is 1. The number of carboxylic acid groups (broad SMARTS) is 1. The lowest BCUT2D eigenvalue weighted by atomic mass is 9.97. The fraction of sp³-hybridized carbons (Fsp3) is 0.545. The Morgan fingerprint density at radius 3 is 2.57 bits per heavy atom. The Hall–Kier alpha value is -1.25. The van der Waals surface area contributed by atoms with Gasteiger partial charge >= 0.3 is 5.97 Å². The van der Waals surface area contributed by atoms with E-state index in [1.54, 1.807) is 0 Å². The highest BCUT2D eigenvalue weighted by Crippen LogP contribution is 2.18. The van der Waals surface area contributed by atoms with E-state index in [2.05, 4.69) is 13.5 Å². The van der Waals surface area contributed by atoms with Gasteiger partial charge in [-0.15, -0.1) is 0 Å². The minimum atomic E-state index is -1.00. The molecule has 1 N–H and O–H groups in total. The van der Waals surface area contributed by atoms with Crippen molar-refractivity contribution < 1.29 is 14.6 Å². The minimum absolute atomic E-state index is 0.101. The molecule has 0 saturated carbocycles. The first kappa shape index (κ1) is 12.8. The Labute approximate surface area is 85.1 Å². The molecule has 0 bridgehead atoms. The van der Waals surface area contributed by atoms with Crippen LogP contribution < -0.4 is 0 Å². The third kappa shape index (κ3) is 4.70. The summed E-state index contributed by atoms with van der Waals surface area (Å²) in [7, 11) is 0. The zero-order valence-electron chi connectivity index (χ0n) is 8.99. The summed E-state index contributed by atoms with van der Waals surface area (Å²) >= 11 is 0. The zero-order chi connectivity index (χ0) is 11.1. The van der Waals surface area contributed by atoms with E-state index in [1.165, 1.54) is 6.26 Å². The van der Waals surface area contributed by atoms with Crippen LogP contribution in [0.1, 0.15) is 27.2 Å². The zero-order valence-corrected chi connectivity index (χ0v) is 8.99. The van der Waals surface area contributed by atoms with Gasteiger partial charge in [0.2, 0.25) is 0 Å². The van der Waals surface area contributed by atoms with E-state index in [-0.39, 0.29) is 6.10 Å². The highest BCUT2D eigenvalue weighted by atomic mass is 16.5. The topological polar surface area (TPSA) is 46.5 Å². The maximum absolute atomic E-state index is 10.2. The van der Waals surface area contributed by atoms with Gasteiger partial charge in [0.25, 0.3) is 0 Å². The molecule has 3 nitrogen and oxygen atoms in total. The Morgan fingerprint density at radius 2 is 2.21 bits per heavy atom. The Balaban J connectivity index is 4.24. The number of rotatable bonds is 6. The lowest BCUT2D eigenvalue weighted by Gasteiger charge is -2.22. The summed E-state index contributed by atoms with van der Waals surface area (Å²) in [6, 6.07) is 0. The Kier molecular flexibility index (Phi) is 5.68. The van der Waals surface area contributed by atoms with Gasteiger partial charge in [0.15, 0.2) is 0 Å². The maximum atomic E-state index is 10.2. The van der Waals surface area contributed by atoms with Crippen molar-refractivity contribution in [2.75, 3.05) is 0 Å². The van der Waals surface area contributed by atoms with Gasteiger partial charge in [0.1, 0.15) is 6.10 Å². The van der Waals surface area contributed by atoms with Crippen LogP contribution in [0.3, 0.4) is 0 Å². The Bertz CT molecular complexity index is 231. The molecular formula is C11H18O3. The summed E-state index contributed by atoms with van der Waals surface area (Å²) in [6.07, 6.45) is 3.07. The lowest BCUT2D eigenvalue weighted by molar-refractivity contribution is -0.131. The van der Waals surface area contributed by atoms with Crippen molar-refractivity contribution in [1.82, 2.24) is 0 Å². The number of ether oxygens (including phenoxy) is 1. The average molecular weight is 198 g/mol. The quantitative estimate of drug-likeness (QED) is 0.405. The molecule has 3 heteroatoms. The van der Waals surface area contributed by atoms with Crippen LogP contribution in [0.4, 0.5) is 0 Å². The second-order valence-corrected chi connectivity index (χ2v) is 3.43. The number of carboxylic acids is 1. The van der Waals surface area contributed by atoms with Crippen molar-refractivity contribution in [3.63, 3.8) is 0 Å². The van der Waals surface area contributed by atoms with Crippen LogP contribution in [0.5, 0.6) is 0 Å². The summed E-state index contributed by atoms with van der Waals surface area (Å²) in [5, 5.41) is 8.37. The molecule has 0 amide bonds. The number of hydrogen-bond acceptors (Lipinski definition) is 2. The molecule has 0 aromatic heterocycles. The summed E-state index contributed by atoms with van der Waals surface area (Å²) in [6.45, 7) is 9.81. The van der Waals surface area contributed by atoms with E-state index in [9.17, 15) is 4.79 Å². The van der Waals surface area contributed by atoms with Gasteiger partial charge in [-0.1, -0.05) is 20.4 Å². The van der Waals surface area contributed by atoms with Crippen LogP contribution in [0.2, 0.25) is 0 Å². The largest absolute Gasteiger partial charge is 0.493 e. The molecule has 0 radical (unpaired) electrons. The van der Waals surface area contributed by atoms with Crippen LogP contribution in [-0.2, 0) is 9.53 Å². The van der Waals surface area contributed by atoms with Crippen LogP contribution in [0.25, 0.3) is 0 Å². The molecule has 2 atom stereocenters. The van der Waals surface area contributed by atoms with Crippen molar-refractivity contribution in [3.8, 4) is 0 Å². The molecule has 0 aliphatic heterocycles. The minimum Gasteiger partial charge on any atom is -0.493 e. The van der Waals surface area contributed by atoms with Crippen molar-refractivity contribution in [2.24, 2.45) is 5.92 Å². The van der Waals surface area contributed by atoms with E-state index in [4.69, 9.17) is 9.84 Å². The van der Waals surface area contributed by atoms with Crippen LogP contribution >= 0.6 is 0 Å². The van der Waals surface area contributed by atoms with Gasteiger partial charge in [-0.2, -0.15) is 0 Å². The molecule has 0 saturated heterocycles. The fourth-order valence-electron chi connectivity index (χ4n) is 1.13. The molecule has 0 fully saturated rings. The smallest absolute Gasteiger partial charge is 0.331 e. The molecule has 0 aliphatic rings. The molecule has 0 spiro atoms. The monoisotopic (exact) mass is 198 g/mol. The maximum Gasteiger partial charge on any atom is 0.331 e. The summed E-state index contributed by atoms with van der Waals surface area (Å²) in [4.78, 5) is 10.2. The summed E-state index contributed by atoms with van der Waals surface area (Å²) in [5.74, 6) is -0.666. The SMILES string of the molecule is C=C(C)C(O/C=C/C(=O)O)C(C)CC. The van der Waals surface area contributed by atoms with Crippen molar-refractivity contribution in [1.29, 1.82) is 0 Å². The van der Waals surface area contributed by atoms with Gasteiger partial charge in [0.05, 0.1) is 12.3 Å². The van der Waals surface area contributed by atoms with Crippen molar-refractivity contribution in [2.45, 2.75) is 33.3 Å². The van der Waals surface area contributed by atoms with Crippen molar-refractivity contribution >= 4 is 5.97 Å². The van der Waals surface area contributed by atoms with Gasteiger partial charge in [-0.3, -0.25) is 0 Å². The van der Waals surface area contributed by atoms with Gasteiger partial charge in [0, 0.05) is 0 Å². The first-order valence-corrected chi connectivity index (χ1v) is 4.69.